The summed E-state index contributed by atoms with van der Waals surface area (Å²) in [6, 6.07) is 17.0. The number of anilines is 2. The van der Waals surface area contributed by atoms with Crippen LogP contribution >= 0.6 is 11.6 Å². The van der Waals surface area contributed by atoms with Gasteiger partial charge >= 0.3 is 0 Å². The molecule has 4 nitrogen and oxygen atoms in total. The van der Waals surface area contributed by atoms with Crippen molar-refractivity contribution in [3.05, 3.63) is 65.8 Å². The molecule has 0 spiro atoms. The zero-order valence-corrected chi connectivity index (χ0v) is 13.2. The van der Waals surface area contributed by atoms with Crippen molar-refractivity contribution in [1.29, 1.82) is 0 Å². The van der Waals surface area contributed by atoms with Crippen molar-refractivity contribution in [2.24, 2.45) is 0 Å². The molecule has 0 saturated carbocycles. The van der Waals surface area contributed by atoms with E-state index in [-0.39, 0.29) is 5.91 Å². The maximum absolute atomic E-state index is 12.0. The zero-order chi connectivity index (χ0) is 16.1. The number of halogens is 1. The molecular formula is C18H16ClN3O. The third-order valence-electron chi connectivity index (χ3n) is 3.41. The van der Waals surface area contributed by atoms with Crippen LogP contribution in [0.1, 0.15) is 6.42 Å². The van der Waals surface area contributed by atoms with Gasteiger partial charge in [-0.2, -0.15) is 0 Å². The molecule has 1 aromatic heterocycles. The molecular weight excluding hydrogens is 310 g/mol. The van der Waals surface area contributed by atoms with E-state index in [1.807, 2.05) is 36.4 Å². The fraction of sp³-hybridized carbons (Fsp3) is 0.111. The predicted molar refractivity (Wildman–Crippen MR) is 94.9 cm³/mol. The Bertz CT molecular complexity index is 830. The van der Waals surface area contributed by atoms with Gasteiger partial charge < -0.3 is 10.6 Å². The molecule has 3 aromatic rings. The molecule has 2 N–H and O–H groups in total. The molecule has 0 aliphatic rings. The Balaban J connectivity index is 1.57. The molecule has 23 heavy (non-hydrogen) atoms. The Morgan fingerprint density at radius 3 is 2.78 bits per heavy atom. The molecule has 1 heterocycles. The molecule has 2 aromatic carbocycles. The van der Waals surface area contributed by atoms with E-state index in [4.69, 9.17) is 11.6 Å². The molecule has 0 saturated heterocycles. The zero-order valence-electron chi connectivity index (χ0n) is 12.4. The van der Waals surface area contributed by atoms with E-state index in [2.05, 4.69) is 15.6 Å². The molecule has 0 atom stereocenters. The van der Waals surface area contributed by atoms with Gasteiger partial charge in [-0.05, 0) is 30.3 Å². The first kappa shape index (κ1) is 15.3. The summed E-state index contributed by atoms with van der Waals surface area (Å²) in [5, 5.41) is 7.76. The number of aromatic nitrogens is 1. The van der Waals surface area contributed by atoms with E-state index >= 15 is 0 Å². The van der Waals surface area contributed by atoms with Gasteiger partial charge in [-0.3, -0.25) is 9.78 Å². The van der Waals surface area contributed by atoms with Crippen LogP contribution < -0.4 is 10.6 Å². The third-order valence-corrected chi connectivity index (χ3v) is 3.64. The second kappa shape index (κ2) is 7.11. The average molecular weight is 326 g/mol. The number of amides is 1. The van der Waals surface area contributed by atoms with Crippen molar-refractivity contribution in [3.8, 4) is 0 Å². The number of rotatable bonds is 5. The SMILES string of the molecule is O=C(CCNc1cccc2cccnc12)Nc1cccc(Cl)c1. The van der Waals surface area contributed by atoms with Crippen molar-refractivity contribution >= 4 is 39.8 Å². The first-order chi connectivity index (χ1) is 11.2. The van der Waals surface area contributed by atoms with Crippen LogP contribution in [0.15, 0.2) is 60.8 Å². The van der Waals surface area contributed by atoms with E-state index in [9.17, 15) is 4.79 Å². The summed E-state index contributed by atoms with van der Waals surface area (Å²) in [7, 11) is 0. The summed E-state index contributed by atoms with van der Waals surface area (Å²) in [6.45, 7) is 0.530. The van der Waals surface area contributed by atoms with Gasteiger partial charge in [-0.15, -0.1) is 0 Å². The molecule has 0 fully saturated rings. The molecule has 0 unspecified atom stereocenters. The van der Waals surface area contributed by atoms with Crippen LogP contribution in [0, 0.1) is 0 Å². The normalized spacial score (nSPS) is 10.5. The van der Waals surface area contributed by atoms with Crippen LogP contribution in [0.25, 0.3) is 10.9 Å². The molecule has 0 radical (unpaired) electrons. The number of pyridine rings is 1. The fourth-order valence-corrected chi connectivity index (χ4v) is 2.54. The number of para-hydroxylation sites is 1. The number of carbonyl (C=O) groups excluding carboxylic acids is 1. The minimum Gasteiger partial charge on any atom is -0.383 e. The first-order valence-corrected chi connectivity index (χ1v) is 7.73. The van der Waals surface area contributed by atoms with Gasteiger partial charge in [0.15, 0.2) is 0 Å². The van der Waals surface area contributed by atoms with Crippen LogP contribution in [0.3, 0.4) is 0 Å². The van der Waals surface area contributed by atoms with Crippen molar-refractivity contribution in [1.82, 2.24) is 4.98 Å². The monoisotopic (exact) mass is 325 g/mol. The largest absolute Gasteiger partial charge is 0.383 e. The minimum absolute atomic E-state index is 0.0621. The molecule has 1 amide bonds. The van der Waals surface area contributed by atoms with Gasteiger partial charge in [0.05, 0.1) is 11.2 Å². The van der Waals surface area contributed by atoms with E-state index in [0.29, 0.717) is 23.7 Å². The third kappa shape index (κ3) is 3.99. The van der Waals surface area contributed by atoms with Gasteiger partial charge in [0.25, 0.3) is 0 Å². The van der Waals surface area contributed by atoms with Crippen LogP contribution in [-0.2, 0) is 4.79 Å². The second-order valence-corrected chi connectivity index (χ2v) is 5.55. The number of hydrogen-bond donors (Lipinski definition) is 2. The molecule has 5 heteroatoms. The summed E-state index contributed by atoms with van der Waals surface area (Å²) in [4.78, 5) is 16.3. The predicted octanol–water partition coefficient (Wildman–Crippen LogP) is 4.33. The maximum atomic E-state index is 12.0. The second-order valence-electron chi connectivity index (χ2n) is 5.12. The van der Waals surface area contributed by atoms with Crippen LogP contribution in [0.2, 0.25) is 5.02 Å². The van der Waals surface area contributed by atoms with Gasteiger partial charge in [0, 0.05) is 35.3 Å². The summed E-state index contributed by atoms with van der Waals surface area (Å²) in [5.41, 5.74) is 2.54. The standard InChI is InChI=1S/C18H16ClN3O/c19-14-6-2-7-15(12-14)22-17(23)9-11-20-16-8-1-4-13-5-3-10-21-18(13)16/h1-8,10,12,20H,9,11H2,(H,22,23). The van der Waals surface area contributed by atoms with Crippen LogP contribution in [0.4, 0.5) is 11.4 Å². The van der Waals surface area contributed by atoms with Crippen LogP contribution in [0.5, 0.6) is 0 Å². The number of benzene rings is 2. The highest BCUT2D eigenvalue weighted by atomic mass is 35.5. The Morgan fingerprint density at radius 1 is 1.09 bits per heavy atom. The highest BCUT2D eigenvalue weighted by Gasteiger charge is 2.04. The lowest BCUT2D eigenvalue weighted by molar-refractivity contribution is -0.115. The van der Waals surface area contributed by atoms with E-state index < -0.39 is 0 Å². The van der Waals surface area contributed by atoms with Crippen molar-refractivity contribution in [3.63, 3.8) is 0 Å². The topological polar surface area (TPSA) is 54.0 Å². The summed E-state index contributed by atoms with van der Waals surface area (Å²) >= 11 is 5.90. The van der Waals surface area contributed by atoms with Crippen LogP contribution in [-0.4, -0.2) is 17.4 Å². The smallest absolute Gasteiger partial charge is 0.226 e. The van der Waals surface area contributed by atoms with Gasteiger partial charge in [0.1, 0.15) is 0 Å². The fourth-order valence-electron chi connectivity index (χ4n) is 2.35. The number of nitrogens with one attached hydrogen (secondary N) is 2. The lowest BCUT2D eigenvalue weighted by Gasteiger charge is -2.09. The van der Waals surface area contributed by atoms with Gasteiger partial charge in [0.2, 0.25) is 5.91 Å². The van der Waals surface area contributed by atoms with Crippen molar-refractivity contribution in [2.75, 3.05) is 17.2 Å². The molecule has 0 bridgehead atoms. The van der Waals surface area contributed by atoms with Gasteiger partial charge in [-0.25, -0.2) is 0 Å². The lowest BCUT2D eigenvalue weighted by atomic mass is 10.2. The van der Waals surface area contributed by atoms with Gasteiger partial charge in [-0.1, -0.05) is 35.9 Å². The lowest BCUT2D eigenvalue weighted by Crippen LogP contribution is -2.16. The average Bonchev–Trinajstić information content (AvgIpc) is 2.55. The number of carbonyl (C=O) groups is 1. The number of hydrogen-bond acceptors (Lipinski definition) is 3. The first-order valence-electron chi connectivity index (χ1n) is 7.35. The Labute approximate surface area is 139 Å². The van der Waals surface area contributed by atoms with Crippen molar-refractivity contribution in [2.45, 2.75) is 6.42 Å². The Hall–Kier alpha value is -2.59. The van der Waals surface area contributed by atoms with E-state index in [1.165, 1.54) is 0 Å². The summed E-state index contributed by atoms with van der Waals surface area (Å²) in [5.74, 6) is -0.0621. The number of fused-ring (bicyclic) bond motifs is 1. The molecule has 0 aliphatic heterocycles. The number of nitrogens with zero attached hydrogens (tertiary/aromatic N) is 1. The molecule has 0 aliphatic carbocycles. The molecule has 3 rings (SSSR count). The summed E-state index contributed by atoms with van der Waals surface area (Å²) in [6.07, 6.45) is 2.12. The maximum Gasteiger partial charge on any atom is 0.226 e. The Morgan fingerprint density at radius 2 is 1.91 bits per heavy atom. The minimum atomic E-state index is -0.0621. The summed E-state index contributed by atoms with van der Waals surface area (Å²) < 4.78 is 0. The Kier molecular flexibility index (Phi) is 4.74. The quantitative estimate of drug-likeness (QED) is 0.734. The molecule has 116 valence electrons. The highest BCUT2D eigenvalue weighted by Crippen LogP contribution is 2.20. The van der Waals surface area contributed by atoms with E-state index in [1.54, 1.807) is 24.4 Å². The van der Waals surface area contributed by atoms with E-state index in [0.717, 1.165) is 16.6 Å². The highest BCUT2D eigenvalue weighted by molar-refractivity contribution is 6.30. The van der Waals surface area contributed by atoms with Crippen molar-refractivity contribution < 1.29 is 4.79 Å².